The molecular weight excluding hydrogens is 278 g/mol. The summed E-state index contributed by atoms with van der Waals surface area (Å²) >= 11 is 7.81. The SMILES string of the molecule is CCOc1ccc(CSc2cc(N)ccc2Cl)cc1. The van der Waals surface area contributed by atoms with E-state index in [1.165, 1.54) is 5.56 Å². The number of nitrogens with two attached hydrogens (primary N) is 1. The van der Waals surface area contributed by atoms with Crippen molar-refractivity contribution in [1.29, 1.82) is 0 Å². The molecule has 0 spiro atoms. The van der Waals surface area contributed by atoms with Gasteiger partial charge in [-0.1, -0.05) is 23.7 Å². The minimum absolute atomic E-state index is 0.687. The summed E-state index contributed by atoms with van der Waals surface area (Å²) in [6.07, 6.45) is 0. The molecule has 4 heteroatoms. The molecule has 2 aromatic carbocycles. The van der Waals surface area contributed by atoms with Gasteiger partial charge in [-0.2, -0.15) is 0 Å². The van der Waals surface area contributed by atoms with Crippen LogP contribution in [0.3, 0.4) is 0 Å². The zero-order chi connectivity index (χ0) is 13.7. The molecule has 2 rings (SSSR count). The molecule has 2 nitrogen and oxygen atoms in total. The van der Waals surface area contributed by atoms with Crippen LogP contribution in [0.2, 0.25) is 5.02 Å². The average Bonchev–Trinajstić information content (AvgIpc) is 2.42. The second-order valence-electron chi connectivity index (χ2n) is 4.06. The second kappa shape index (κ2) is 6.73. The number of benzene rings is 2. The average molecular weight is 294 g/mol. The van der Waals surface area contributed by atoms with Gasteiger partial charge in [0.1, 0.15) is 5.75 Å². The van der Waals surface area contributed by atoms with Gasteiger partial charge in [-0.15, -0.1) is 11.8 Å². The molecule has 0 aromatic heterocycles. The van der Waals surface area contributed by atoms with Crippen molar-refractivity contribution < 1.29 is 4.74 Å². The lowest BCUT2D eigenvalue weighted by Crippen LogP contribution is -1.91. The Balaban J connectivity index is 2.00. The number of hydrogen-bond donors (Lipinski definition) is 1. The van der Waals surface area contributed by atoms with Crippen LogP contribution in [0.1, 0.15) is 12.5 Å². The molecule has 0 atom stereocenters. The van der Waals surface area contributed by atoms with Crippen LogP contribution < -0.4 is 10.5 Å². The molecule has 0 aliphatic heterocycles. The summed E-state index contributed by atoms with van der Waals surface area (Å²) < 4.78 is 5.41. The fourth-order valence-corrected chi connectivity index (χ4v) is 2.86. The van der Waals surface area contributed by atoms with E-state index in [2.05, 4.69) is 12.1 Å². The first-order valence-corrected chi connectivity index (χ1v) is 7.45. The van der Waals surface area contributed by atoms with Gasteiger partial charge in [0.15, 0.2) is 0 Å². The van der Waals surface area contributed by atoms with Gasteiger partial charge in [0, 0.05) is 16.3 Å². The third-order valence-corrected chi connectivity index (χ3v) is 4.15. The van der Waals surface area contributed by atoms with E-state index in [1.54, 1.807) is 11.8 Å². The molecule has 0 amide bonds. The van der Waals surface area contributed by atoms with E-state index < -0.39 is 0 Å². The Morgan fingerprint density at radius 3 is 2.58 bits per heavy atom. The third-order valence-electron chi connectivity index (χ3n) is 2.58. The summed E-state index contributed by atoms with van der Waals surface area (Å²) in [5, 5.41) is 0.741. The fourth-order valence-electron chi connectivity index (χ4n) is 1.64. The van der Waals surface area contributed by atoms with Crippen LogP contribution >= 0.6 is 23.4 Å². The van der Waals surface area contributed by atoms with Crippen molar-refractivity contribution in [2.24, 2.45) is 0 Å². The standard InChI is InChI=1S/C15H16ClNOS/c1-2-18-13-6-3-11(4-7-13)10-19-15-9-12(17)5-8-14(15)16/h3-9H,2,10,17H2,1H3. The summed E-state index contributed by atoms with van der Waals surface area (Å²) in [5.74, 6) is 1.76. The van der Waals surface area contributed by atoms with Gasteiger partial charge >= 0.3 is 0 Å². The maximum Gasteiger partial charge on any atom is 0.119 e. The maximum atomic E-state index is 6.13. The van der Waals surface area contributed by atoms with Gasteiger partial charge in [0.25, 0.3) is 0 Å². The van der Waals surface area contributed by atoms with Gasteiger partial charge in [0.2, 0.25) is 0 Å². The van der Waals surface area contributed by atoms with Crippen LogP contribution in [0, 0.1) is 0 Å². The monoisotopic (exact) mass is 293 g/mol. The van der Waals surface area contributed by atoms with Gasteiger partial charge < -0.3 is 10.5 Å². The molecule has 0 saturated heterocycles. The zero-order valence-electron chi connectivity index (χ0n) is 10.7. The van der Waals surface area contributed by atoms with E-state index in [0.29, 0.717) is 6.61 Å². The van der Waals surface area contributed by atoms with Crippen LogP contribution in [0.15, 0.2) is 47.4 Å². The molecule has 0 bridgehead atoms. The number of ether oxygens (including phenoxy) is 1. The molecule has 0 aliphatic rings. The molecule has 2 N–H and O–H groups in total. The lowest BCUT2D eigenvalue weighted by molar-refractivity contribution is 0.340. The van der Waals surface area contributed by atoms with Crippen molar-refractivity contribution in [3.8, 4) is 5.75 Å². The highest BCUT2D eigenvalue weighted by Crippen LogP contribution is 2.31. The summed E-state index contributed by atoms with van der Waals surface area (Å²) in [5.41, 5.74) is 7.72. The van der Waals surface area contributed by atoms with Gasteiger partial charge in [0.05, 0.1) is 11.6 Å². The highest BCUT2D eigenvalue weighted by atomic mass is 35.5. The van der Waals surface area contributed by atoms with Gasteiger partial charge in [-0.3, -0.25) is 0 Å². The normalized spacial score (nSPS) is 10.4. The van der Waals surface area contributed by atoms with E-state index in [0.717, 1.165) is 27.1 Å². The van der Waals surface area contributed by atoms with Crippen molar-refractivity contribution in [1.82, 2.24) is 0 Å². The fraction of sp³-hybridized carbons (Fsp3) is 0.200. The lowest BCUT2D eigenvalue weighted by atomic mass is 10.2. The molecular formula is C15H16ClNOS. The predicted octanol–water partition coefficient (Wildman–Crippen LogP) is 4.61. The Kier molecular flexibility index (Phi) is 5.00. The number of halogens is 1. The first-order valence-electron chi connectivity index (χ1n) is 6.08. The van der Waals surface area contributed by atoms with E-state index in [9.17, 15) is 0 Å². The van der Waals surface area contributed by atoms with Gasteiger partial charge in [-0.25, -0.2) is 0 Å². The molecule has 0 saturated carbocycles. The number of thioether (sulfide) groups is 1. The third kappa shape index (κ3) is 4.08. The van der Waals surface area contributed by atoms with E-state index in [1.807, 2.05) is 37.3 Å². The Hall–Kier alpha value is -1.32. The van der Waals surface area contributed by atoms with Gasteiger partial charge in [-0.05, 0) is 42.8 Å². The summed E-state index contributed by atoms with van der Waals surface area (Å²) in [6, 6.07) is 13.7. The first kappa shape index (κ1) is 14.1. The number of anilines is 1. The molecule has 0 aliphatic carbocycles. The molecule has 19 heavy (non-hydrogen) atoms. The van der Waals surface area contributed by atoms with Crippen molar-refractivity contribution in [3.63, 3.8) is 0 Å². The Morgan fingerprint density at radius 1 is 1.16 bits per heavy atom. The topological polar surface area (TPSA) is 35.2 Å². The molecule has 0 fully saturated rings. The van der Waals surface area contributed by atoms with E-state index in [-0.39, 0.29) is 0 Å². The van der Waals surface area contributed by atoms with Crippen LogP contribution in [0.4, 0.5) is 5.69 Å². The molecule has 0 heterocycles. The quantitative estimate of drug-likeness (QED) is 0.646. The van der Waals surface area contributed by atoms with Crippen LogP contribution in [0.25, 0.3) is 0 Å². The Labute approximate surface area is 122 Å². The van der Waals surface area contributed by atoms with Crippen molar-refractivity contribution in [2.45, 2.75) is 17.6 Å². The molecule has 100 valence electrons. The summed E-state index contributed by atoms with van der Waals surface area (Å²) in [7, 11) is 0. The molecule has 0 radical (unpaired) electrons. The summed E-state index contributed by atoms with van der Waals surface area (Å²) in [6.45, 7) is 2.67. The van der Waals surface area contributed by atoms with Crippen molar-refractivity contribution in [3.05, 3.63) is 53.1 Å². The number of hydrogen-bond acceptors (Lipinski definition) is 3. The van der Waals surface area contributed by atoms with Crippen LogP contribution in [0.5, 0.6) is 5.75 Å². The van der Waals surface area contributed by atoms with Crippen LogP contribution in [-0.2, 0) is 5.75 Å². The highest BCUT2D eigenvalue weighted by Gasteiger charge is 2.03. The Morgan fingerprint density at radius 2 is 1.89 bits per heavy atom. The molecule has 2 aromatic rings. The maximum absolute atomic E-state index is 6.13. The smallest absolute Gasteiger partial charge is 0.119 e. The van der Waals surface area contributed by atoms with Crippen molar-refractivity contribution in [2.75, 3.05) is 12.3 Å². The van der Waals surface area contributed by atoms with E-state index >= 15 is 0 Å². The number of rotatable bonds is 5. The van der Waals surface area contributed by atoms with Crippen LogP contribution in [-0.4, -0.2) is 6.61 Å². The zero-order valence-corrected chi connectivity index (χ0v) is 12.3. The first-order chi connectivity index (χ1) is 9.19. The second-order valence-corrected chi connectivity index (χ2v) is 5.48. The minimum atomic E-state index is 0.687. The Bertz CT molecular complexity index is 542. The lowest BCUT2D eigenvalue weighted by Gasteiger charge is -2.07. The summed E-state index contributed by atoms with van der Waals surface area (Å²) in [4.78, 5) is 1.01. The van der Waals surface area contributed by atoms with Crippen molar-refractivity contribution >= 4 is 29.1 Å². The van der Waals surface area contributed by atoms with E-state index in [4.69, 9.17) is 22.1 Å². The number of nitrogen functional groups attached to an aromatic ring is 1. The minimum Gasteiger partial charge on any atom is -0.494 e. The predicted molar refractivity (Wildman–Crippen MR) is 83.0 cm³/mol. The molecule has 0 unspecified atom stereocenters. The largest absolute Gasteiger partial charge is 0.494 e. The highest BCUT2D eigenvalue weighted by molar-refractivity contribution is 7.98.